The van der Waals surface area contributed by atoms with E-state index in [4.69, 9.17) is 5.73 Å². The zero-order valence-electron chi connectivity index (χ0n) is 23.7. The van der Waals surface area contributed by atoms with Crippen LogP contribution in [-0.4, -0.2) is 102 Å². The van der Waals surface area contributed by atoms with E-state index < -0.39 is 69.7 Å². The van der Waals surface area contributed by atoms with Crippen molar-refractivity contribution in [1.29, 1.82) is 0 Å². The first kappa shape index (κ1) is 30.0. The Hall–Kier alpha value is -3.94. The summed E-state index contributed by atoms with van der Waals surface area (Å²) >= 11 is 0. The van der Waals surface area contributed by atoms with Crippen LogP contribution in [0.15, 0.2) is 23.0 Å². The molecule has 8 N–H and O–H groups in total. The number of carbonyl (C=O) groups is 4. The van der Waals surface area contributed by atoms with Crippen LogP contribution in [0.2, 0.25) is 0 Å². The van der Waals surface area contributed by atoms with Crippen LogP contribution in [0.4, 0.5) is 11.4 Å². The summed E-state index contributed by atoms with van der Waals surface area (Å²) < 4.78 is 0. The maximum Gasteiger partial charge on any atom is 0.255 e. The Morgan fingerprint density at radius 3 is 2.37 bits per heavy atom. The lowest BCUT2D eigenvalue weighted by Crippen LogP contribution is -2.65. The largest absolute Gasteiger partial charge is 0.508 e. The summed E-state index contributed by atoms with van der Waals surface area (Å²) in [5.41, 5.74) is 2.50. The van der Waals surface area contributed by atoms with Gasteiger partial charge in [0.15, 0.2) is 11.4 Å². The van der Waals surface area contributed by atoms with Crippen molar-refractivity contribution in [3.8, 4) is 5.75 Å². The Morgan fingerprint density at radius 2 is 1.80 bits per heavy atom. The number of rotatable bonds is 8. The predicted molar refractivity (Wildman–Crippen MR) is 150 cm³/mol. The monoisotopic (exact) mass is 571 g/mol. The Labute approximate surface area is 237 Å². The van der Waals surface area contributed by atoms with Gasteiger partial charge in [0, 0.05) is 31.3 Å². The third-order valence-corrected chi connectivity index (χ3v) is 8.17. The summed E-state index contributed by atoms with van der Waals surface area (Å²) in [4.78, 5) is 55.1. The average Bonchev–Trinajstić information content (AvgIpc) is 2.87. The number of hydrogen-bond donors (Lipinski definition) is 7. The highest BCUT2D eigenvalue weighted by Crippen LogP contribution is 2.54. The van der Waals surface area contributed by atoms with Gasteiger partial charge >= 0.3 is 0 Å². The second-order valence-electron chi connectivity index (χ2n) is 11.2. The molecule has 2 amide bonds. The summed E-state index contributed by atoms with van der Waals surface area (Å²) in [5, 5.41) is 51.1. The fourth-order valence-corrected chi connectivity index (χ4v) is 6.36. The number of aromatic hydroxyl groups is 1. The van der Waals surface area contributed by atoms with Crippen LogP contribution in [0, 0.1) is 11.8 Å². The molecule has 4 atom stereocenters. The normalized spacial score (nSPS) is 25.6. The number of amides is 2. The van der Waals surface area contributed by atoms with Gasteiger partial charge in [-0.05, 0) is 57.5 Å². The Kier molecular flexibility index (Phi) is 7.91. The highest BCUT2D eigenvalue weighted by atomic mass is 16.3. The van der Waals surface area contributed by atoms with Crippen LogP contribution in [0.3, 0.4) is 0 Å². The number of nitrogens with zero attached hydrogens (tertiary/aromatic N) is 2. The number of fused-ring (bicyclic) bond motifs is 3. The van der Waals surface area contributed by atoms with Crippen LogP contribution in [0.1, 0.15) is 30.9 Å². The molecular weight excluding hydrogens is 534 g/mol. The lowest BCUT2D eigenvalue weighted by Gasteiger charge is -2.50. The molecule has 0 bridgehead atoms. The number of primary amides is 1. The van der Waals surface area contributed by atoms with Crippen LogP contribution >= 0.6 is 0 Å². The van der Waals surface area contributed by atoms with Crippen molar-refractivity contribution in [2.24, 2.45) is 17.6 Å². The minimum atomic E-state index is -2.72. The van der Waals surface area contributed by atoms with Crippen LogP contribution in [0.5, 0.6) is 5.75 Å². The van der Waals surface area contributed by atoms with E-state index in [9.17, 15) is 39.6 Å². The first-order valence-corrected chi connectivity index (χ1v) is 13.4. The summed E-state index contributed by atoms with van der Waals surface area (Å²) in [6.07, 6.45) is 0.948. The van der Waals surface area contributed by atoms with Gasteiger partial charge in [-0.3, -0.25) is 24.1 Å². The van der Waals surface area contributed by atoms with Crippen molar-refractivity contribution in [2.45, 2.75) is 37.8 Å². The smallest absolute Gasteiger partial charge is 0.255 e. The van der Waals surface area contributed by atoms with Gasteiger partial charge in [0.05, 0.1) is 23.8 Å². The molecule has 1 saturated carbocycles. The SMILES string of the molecule is CCCNCC(=O)Nc1cc(N(C)C)c2c(c1O)C(O)=C1C(=O)[C@]3(O)C(O)=C(C(N)=O)C(=O)[C@@H](N(C)C)[C@@H]3C[C@@H]1C2. The number of ketones is 2. The number of anilines is 2. The van der Waals surface area contributed by atoms with Crippen molar-refractivity contribution < 1.29 is 39.6 Å². The molecule has 41 heavy (non-hydrogen) atoms. The number of carbonyl (C=O) groups excluding carboxylic acids is 4. The Balaban J connectivity index is 1.90. The number of hydrogen-bond acceptors (Lipinski definition) is 11. The van der Waals surface area contributed by atoms with Gasteiger partial charge in [0.1, 0.15) is 22.8 Å². The highest BCUT2D eigenvalue weighted by molar-refractivity contribution is 6.24. The molecule has 13 nitrogen and oxygen atoms in total. The van der Waals surface area contributed by atoms with Crippen molar-refractivity contribution in [3.63, 3.8) is 0 Å². The molecule has 0 unspecified atom stereocenters. The van der Waals surface area contributed by atoms with E-state index in [0.717, 1.165) is 6.42 Å². The van der Waals surface area contributed by atoms with Crippen molar-refractivity contribution >= 4 is 40.5 Å². The molecule has 0 radical (unpaired) electrons. The number of benzene rings is 1. The van der Waals surface area contributed by atoms with Gasteiger partial charge in [-0.15, -0.1) is 0 Å². The number of aliphatic hydroxyl groups is 3. The van der Waals surface area contributed by atoms with Crippen LogP contribution in [-0.2, 0) is 25.6 Å². The van der Waals surface area contributed by atoms with E-state index in [0.29, 0.717) is 17.8 Å². The maximum atomic E-state index is 14.0. The third kappa shape index (κ3) is 4.63. The number of phenols is 1. The topological polar surface area (TPSA) is 206 Å². The zero-order chi connectivity index (χ0) is 30.5. The average molecular weight is 572 g/mol. The Morgan fingerprint density at radius 1 is 1.15 bits per heavy atom. The quantitative estimate of drug-likeness (QED) is 0.125. The molecule has 13 heteroatoms. The van der Waals surface area contributed by atoms with Gasteiger partial charge in [-0.1, -0.05) is 6.92 Å². The van der Waals surface area contributed by atoms with E-state index >= 15 is 0 Å². The molecule has 3 aliphatic carbocycles. The lowest BCUT2D eigenvalue weighted by atomic mass is 9.57. The van der Waals surface area contributed by atoms with Crippen molar-refractivity contribution in [2.75, 3.05) is 51.5 Å². The van der Waals surface area contributed by atoms with Crippen LogP contribution in [0.25, 0.3) is 5.76 Å². The molecule has 0 spiro atoms. The van der Waals surface area contributed by atoms with Crippen molar-refractivity contribution in [3.05, 3.63) is 34.1 Å². The molecule has 0 aliphatic heterocycles. The molecule has 1 aromatic rings. The first-order chi connectivity index (χ1) is 19.2. The molecular formula is C28H37N5O8. The second kappa shape index (κ2) is 10.8. The second-order valence-corrected chi connectivity index (χ2v) is 11.2. The lowest BCUT2D eigenvalue weighted by molar-refractivity contribution is -0.153. The minimum absolute atomic E-state index is 0.0101. The van der Waals surface area contributed by atoms with Crippen molar-refractivity contribution in [1.82, 2.24) is 10.2 Å². The molecule has 222 valence electrons. The standard InChI is InChI=1S/C28H37N5O8/c1-6-7-30-11-17(34)31-15-10-16(32(2)3)13-8-12-9-14-21(33(4)5)24(37)20(27(29)40)26(39)28(14,41)25(38)18(12)23(36)19(13)22(15)35/h10,12,14,21,30,35-36,39,41H,6-9,11H2,1-5H3,(H2,29,40)(H,31,34)/t12-,14-,21-,28-/m0/s1. The molecule has 3 aliphatic rings. The first-order valence-electron chi connectivity index (χ1n) is 13.4. The molecule has 0 heterocycles. The van der Waals surface area contributed by atoms with E-state index in [1.165, 1.54) is 4.90 Å². The van der Waals surface area contributed by atoms with E-state index in [-0.39, 0.29) is 36.2 Å². The number of aliphatic hydroxyl groups excluding tert-OH is 2. The molecule has 1 fully saturated rings. The van der Waals surface area contributed by atoms with Gasteiger partial charge < -0.3 is 41.7 Å². The number of phenolic OH excluding ortho intramolecular Hbond substituents is 1. The minimum Gasteiger partial charge on any atom is -0.508 e. The zero-order valence-corrected chi connectivity index (χ0v) is 23.7. The number of nitrogens with two attached hydrogens (primary N) is 1. The molecule has 0 aromatic heterocycles. The number of Topliss-reactive ketones (excluding diaryl/α,β-unsaturated/α-hetero) is 2. The van der Waals surface area contributed by atoms with Gasteiger partial charge in [-0.25, -0.2) is 0 Å². The predicted octanol–water partition coefficient (Wildman–Crippen LogP) is -0.0319. The van der Waals surface area contributed by atoms with E-state index in [1.807, 2.05) is 6.92 Å². The van der Waals surface area contributed by atoms with E-state index in [1.54, 1.807) is 39.2 Å². The maximum absolute atomic E-state index is 14.0. The Bertz CT molecular complexity index is 1400. The summed E-state index contributed by atoms with van der Waals surface area (Å²) in [5.74, 6) is -7.73. The van der Waals surface area contributed by atoms with E-state index in [2.05, 4.69) is 10.6 Å². The third-order valence-electron chi connectivity index (χ3n) is 8.17. The van der Waals surface area contributed by atoms with Gasteiger partial charge in [0.25, 0.3) is 5.91 Å². The number of nitrogens with one attached hydrogen (secondary N) is 2. The summed E-state index contributed by atoms with van der Waals surface area (Å²) in [6, 6.07) is 0.416. The summed E-state index contributed by atoms with van der Waals surface area (Å²) in [7, 11) is 6.59. The van der Waals surface area contributed by atoms with Gasteiger partial charge in [0.2, 0.25) is 11.7 Å². The van der Waals surface area contributed by atoms with Crippen LogP contribution < -0.4 is 21.3 Å². The fraction of sp³-hybridized carbons (Fsp3) is 0.500. The number of likely N-dealkylation sites (N-methyl/N-ethyl adjacent to an activating group) is 1. The fourth-order valence-electron chi connectivity index (χ4n) is 6.36. The molecule has 1 aromatic carbocycles. The highest BCUT2D eigenvalue weighted by Gasteiger charge is 2.64. The van der Waals surface area contributed by atoms with Gasteiger partial charge in [-0.2, -0.15) is 0 Å². The summed E-state index contributed by atoms with van der Waals surface area (Å²) in [6.45, 7) is 2.56. The molecule has 4 rings (SSSR count). The molecule has 0 saturated heterocycles.